The van der Waals surface area contributed by atoms with E-state index in [4.69, 9.17) is 0 Å². The first-order valence-electron chi connectivity index (χ1n) is 8.57. The molecule has 142 valence electrons. The molecule has 8 heteroatoms. The Morgan fingerprint density at radius 2 is 1.96 bits per heavy atom. The number of aryl methyl sites for hydroxylation is 2. The normalized spacial score (nSPS) is 11.7. The molecule has 0 aliphatic rings. The number of carbonyl (C=O) groups excluding carboxylic acids is 1. The Balaban J connectivity index is 1.92. The number of amides is 1. The van der Waals surface area contributed by atoms with Gasteiger partial charge in [0.1, 0.15) is 5.82 Å². The second-order valence-corrected chi connectivity index (χ2v) is 8.49. The van der Waals surface area contributed by atoms with Crippen molar-refractivity contribution in [2.24, 2.45) is 5.92 Å². The highest BCUT2D eigenvalue weighted by atomic mass is 32.2. The minimum Gasteiger partial charge on any atom is -0.311 e. The van der Waals surface area contributed by atoms with Crippen molar-refractivity contribution in [1.82, 2.24) is 14.5 Å². The van der Waals surface area contributed by atoms with Crippen molar-refractivity contribution in [3.63, 3.8) is 0 Å². The number of anilines is 1. The molecule has 1 amide bonds. The molecule has 26 heavy (non-hydrogen) atoms. The summed E-state index contributed by atoms with van der Waals surface area (Å²) in [7, 11) is -3.64. The second-order valence-electron chi connectivity index (χ2n) is 6.76. The fourth-order valence-corrected chi connectivity index (χ4v) is 3.87. The Kier molecular flexibility index (Phi) is 6.55. The predicted molar refractivity (Wildman–Crippen MR) is 101 cm³/mol. The summed E-state index contributed by atoms with van der Waals surface area (Å²) in [5.41, 5.74) is 1.54. The van der Waals surface area contributed by atoms with Crippen LogP contribution in [0.3, 0.4) is 0 Å². The van der Waals surface area contributed by atoms with Gasteiger partial charge in [0, 0.05) is 25.6 Å². The summed E-state index contributed by atoms with van der Waals surface area (Å²) in [5.74, 6) is 0.746. The van der Waals surface area contributed by atoms with E-state index in [2.05, 4.69) is 29.0 Å². The van der Waals surface area contributed by atoms with Gasteiger partial charge in [-0.25, -0.2) is 17.8 Å². The van der Waals surface area contributed by atoms with Gasteiger partial charge in [-0.3, -0.25) is 4.79 Å². The van der Waals surface area contributed by atoms with E-state index in [0.717, 1.165) is 5.56 Å². The Morgan fingerprint density at radius 3 is 2.65 bits per heavy atom. The molecule has 0 atom stereocenters. The van der Waals surface area contributed by atoms with Gasteiger partial charge in [-0.2, -0.15) is 5.10 Å². The third kappa shape index (κ3) is 5.40. The zero-order chi connectivity index (χ0) is 19.3. The van der Waals surface area contributed by atoms with E-state index in [0.29, 0.717) is 23.8 Å². The molecular weight excluding hydrogens is 352 g/mol. The molecule has 0 aliphatic heterocycles. The van der Waals surface area contributed by atoms with Crippen LogP contribution in [0.2, 0.25) is 0 Å². The van der Waals surface area contributed by atoms with Crippen molar-refractivity contribution in [3.05, 3.63) is 41.6 Å². The molecule has 2 aromatic rings. The lowest BCUT2D eigenvalue weighted by Gasteiger charge is -2.12. The van der Waals surface area contributed by atoms with Gasteiger partial charge < -0.3 is 5.32 Å². The van der Waals surface area contributed by atoms with E-state index in [1.165, 1.54) is 0 Å². The van der Waals surface area contributed by atoms with Crippen LogP contribution >= 0.6 is 0 Å². The summed E-state index contributed by atoms with van der Waals surface area (Å²) >= 11 is 0. The Bertz CT molecular complexity index is 872. The molecule has 0 saturated heterocycles. The quantitative estimate of drug-likeness (QED) is 0.738. The molecule has 0 unspecified atom stereocenters. The maximum absolute atomic E-state index is 12.4. The van der Waals surface area contributed by atoms with Crippen molar-refractivity contribution in [1.29, 1.82) is 0 Å². The molecule has 0 saturated carbocycles. The van der Waals surface area contributed by atoms with Crippen molar-refractivity contribution in [2.75, 3.05) is 11.9 Å². The van der Waals surface area contributed by atoms with Crippen molar-refractivity contribution < 1.29 is 13.2 Å². The number of benzene rings is 1. The Morgan fingerprint density at radius 1 is 1.23 bits per heavy atom. The highest BCUT2D eigenvalue weighted by molar-refractivity contribution is 7.89. The van der Waals surface area contributed by atoms with Crippen molar-refractivity contribution in [2.45, 2.75) is 45.6 Å². The highest BCUT2D eigenvalue weighted by Gasteiger charge is 2.17. The Labute approximate surface area is 154 Å². The highest BCUT2D eigenvalue weighted by Crippen LogP contribution is 2.16. The number of hydrogen-bond acceptors (Lipinski definition) is 4. The van der Waals surface area contributed by atoms with Gasteiger partial charge in [-0.05, 0) is 37.0 Å². The van der Waals surface area contributed by atoms with E-state index in [1.807, 2.05) is 13.0 Å². The zero-order valence-electron chi connectivity index (χ0n) is 15.6. The van der Waals surface area contributed by atoms with Gasteiger partial charge in [0.2, 0.25) is 15.9 Å². The largest absolute Gasteiger partial charge is 0.311 e. The summed E-state index contributed by atoms with van der Waals surface area (Å²) in [4.78, 5) is 12.3. The molecule has 7 nitrogen and oxygen atoms in total. The van der Waals surface area contributed by atoms with E-state index in [-0.39, 0.29) is 23.8 Å². The molecule has 1 heterocycles. The van der Waals surface area contributed by atoms with E-state index in [1.54, 1.807) is 36.0 Å². The summed E-state index contributed by atoms with van der Waals surface area (Å²) in [5, 5.41) is 6.95. The van der Waals surface area contributed by atoms with Gasteiger partial charge in [0.05, 0.1) is 11.1 Å². The van der Waals surface area contributed by atoms with Crippen molar-refractivity contribution in [3.8, 4) is 0 Å². The van der Waals surface area contributed by atoms with Crippen molar-refractivity contribution >= 4 is 21.7 Å². The van der Waals surface area contributed by atoms with Gasteiger partial charge in [0.25, 0.3) is 0 Å². The smallest absolute Gasteiger partial charge is 0.240 e. The summed E-state index contributed by atoms with van der Waals surface area (Å²) in [6, 6.07) is 6.98. The fraction of sp³-hybridized carbons (Fsp3) is 0.444. The summed E-state index contributed by atoms with van der Waals surface area (Å²) < 4.78 is 29.1. The molecule has 0 radical (unpaired) electrons. The van der Waals surface area contributed by atoms with E-state index in [9.17, 15) is 13.2 Å². The van der Waals surface area contributed by atoms with Gasteiger partial charge >= 0.3 is 0 Å². The van der Waals surface area contributed by atoms with Gasteiger partial charge in [-0.1, -0.05) is 26.0 Å². The maximum atomic E-state index is 12.4. The van der Waals surface area contributed by atoms with Crippen LogP contribution < -0.4 is 10.0 Å². The monoisotopic (exact) mass is 378 g/mol. The minimum absolute atomic E-state index is 0.0276. The van der Waals surface area contributed by atoms with Crippen LogP contribution in [-0.2, 0) is 21.4 Å². The number of carbonyl (C=O) groups is 1. The average Bonchev–Trinajstić information content (AvgIpc) is 2.95. The lowest BCUT2D eigenvalue weighted by molar-refractivity contribution is -0.116. The molecule has 0 fully saturated rings. The van der Waals surface area contributed by atoms with E-state index >= 15 is 0 Å². The van der Waals surface area contributed by atoms with Crippen LogP contribution in [0, 0.1) is 19.8 Å². The topological polar surface area (TPSA) is 93.1 Å². The first-order chi connectivity index (χ1) is 12.2. The van der Waals surface area contributed by atoms with Crippen LogP contribution in [0.15, 0.2) is 35.4 Å². The molecule has 0 aliphatic carbocycles. The third-order valence-corrected chi connectivity index (χ3v) is 5.40. The summed E-state index contributed by atoms with van der Waals surface area (Å²) in [6.07, 6.45) is 1.66. The van der Waals surface area contributed by atoms with Gasteiger partial charge in [-0.15, -0.1) is 0 Å². The Hall–Kier alpha value is -2.19. The van der Waals surface area contributed by atoms with Crippen LogP contribution in [0.25, 0.3) is 0 Å². The first-order valence-corrected chi connectivity index (χ1v) is 10.1. The number of nitrogens with one attached hydrogen (secondary N) is 2. The average molecular weight is 378 g/mol. The zero-order valence-corrected chi connectivity index (χ0v) is 16.4. The number of hydrogen-bond donors (Lipinski definition) is 2. The number of aromatic nitrogens is 2. The molecule has 0 bridgehead atoms. The minimum atomic E-state index is -3.64. The first kappa shape index (κ1) is 20.1. The lowest BCUT2D eigenvalue weighted by atomic mass is 10.2. The van der Waals surface area contributed by atoms with Crippen LogP contribution in [0.1, 0.15) is 31.4 Å². The second kappa shape index (κ2) is 8.46. The standard InChI is InChI=1S/C18H26N4O3S/c1-13(2)12-22-17(7-9-19-22)21-18(23)8-10-20-26(24,25)16-11-14(3)5-6-15(16)4/h5-7,9,11,13,20H,8,10,12H2,1-4H3,(H,21,23). The SMILES string of the molecule is Cc1ccc(C)c(S(=O)(=O)NCCC(=O)Nc2ccnn2CC(C)C)c1. The number of nitrogens with zero attached hydrogens (tertiary/aromatic N) is 2. The molecule has 2 N–H and O–H groups in total. The van der Waals surface area contributed by atoms with Crippen LogP contribution in [0.4, 0.5) is 5.82 Å². The van der Waals surface area contributed by atoms with Crippen LogP contribution in [0.5, 0.6) is 0 Å². The fourth-order valence-electron chi connectivity index (χ4n) is 2.51. The lowest BCUT2D eigenvalue weighted by Crippen LogP contribution is -2.28. The molecular formula is C18H26N4O3S. The third-order valence-electron chi connectivity index (χ3n) is 3.80. The molecule has 1 aromatic carbocycles. The molecule has 1 aromatic heterocycles. The van der Waals surface area contributed by atoms with Gasteiger partial charge in [0.15, 0.2) is 0 Å². The number of rotatable bonds is 8. The van der Waals surface area contributed by atoms with E-state index < -0.39 is 10.0 Å². The predicted octanol–water partition coefficient (Wildman–Crippen LogP) is 2.46. The molecule has 0 spiro atoms. The summed E-state index contributed by atoms with van der Waals surface area (Å²) in [6.45, 7) is 8.44. The molecule has 2 rings (SSSR count). The van der Waals surface area contributed by atoms with Crippen LogP contribution in [-0.4, -0.2) is 30.7 Å². The number of sulfonamides is 1. The maximum Gasteiger partial charge on any atom is 0.240 e.